The van der Waals surface area contributed by atoms with Crippen LogP contribution in [0.5, 0.6) is 0 Å². The van der Waals surface area contributed by atoms with Gasteiger partial charge in [0.1, 0.15) is 0 Å². The van der Waals surface area contributed by atoms with Gasteiger partial charge in [0.2, 0.25) is 0 Å². The number of alkyl halides is 1. The van der Waals surface area contributed by atoms with Crippen LogP contribution in [0.3, 0.4) is 0 Å². The van der Waals surface area contributed by atoms with E-state index in [4.69, 9.17) is 11.6 Å². The van der Waals surface area contributed by atoms with Crippen LogP contribution in [0.2, 0.25) is 0 Å². The molecular formula is C9H18ClN. The summed E-state index contributed by atoms with van der Waals surface area (Å²) < 4.78 is 0. The highest BCUT2D eigenvalue weighted by Crippen LogP contribution is 2.21. The molecule has 2 unspecified atom stereocenters. The molecule has 66 valence electrons. The van der Waals surface area contributed by atoms with Crippen molar-refractivity contribution in [2.75, 3.05) is 25.5 Å². The lowest BCUT2D eigenvalue weighted by atomic mass is 10.0. The highest BCUT2D eigenvalue weighted by atomic mass is 35.5. The van der Waals surface area contributed by atoms with Crippen LogP contribution < -0.4 is 0 Å². The molecule has 1 fully saturated rings. The maximum atomic E-state index is 5.63. The van der Waals surface area contributed by atoms with Crippen molar-refractivity contribution in [3.63, 3.8) is 0 Å². The third kappa shape index (κ3) is 2.64. The molecule has 0 aromatic heterocycles. The van der Waals surface area contributed by atoms with Gasteiger partial charge in [0.15, 0.2) is 0 Å². The second-order valence-electron chi connectivity index (χ2n) is 3.76. The largest absolute Gasteiger partial charge is 0.303 e. The molecular weight excluding hydrogens is 158 g/mol. The Morgan fingerprint density at radius 2 is 1.82 bits per heavy atom. The number of rotatable bonds is 3. The lowest BCUT2D eigenvalue weighted by Crippen LogP contribution is -2.22. The van der Waals surface area contributed by atoms with Gasteiger partial charge in [-0.15, -0.1) is 11.6 Å². The predicted molar refractivity (Wildman–Crippen MR) is 50.1 cm³/mol. The highest BCUT2D eigenvalue weighted by molar-refractivity contribution is 6.17. The van der Waals surface area contributed by atoms with Gasteiger partial charge in [0, 0.05) is 19.0 Å². The molecule has 0 bridgehead atoms. The van der Waals surface area contributed by atoms with Crippen molar-refractivity contribution in [2.45, 2.75) is 20.3 Å². The van der Waals surface area contributed by atoms with E-state index in [1.165, 1.54) is 19.6 Å². The van der Waals surface area contributed by atoms with Crippen molar-refractivity contribution in [3.05, 3.63) is 0 Å². The molecule has 1 rings (SSSR count). The van der Waals surface area contributed by atoms with E-state index < -0.39 is 0 Å². The minimum atomic E-state index is 0.805. The maximum absolute atomic E-state index is 5.63. The Balaban J connectivity index is 2.18. The van der Waals surface area contributed by atoms with Gasteiger partial charge < -0.3 is 4.90 Å². The van der Waals surface area contributed by atoms with Crippen LogP contribution in [-0.4, -0.2) is 30.4 Å². The second-order valence-corrected chi connectivity index (χ2v) is 4.13. The lowest BCUT2D eigenvalue weighted by molar-refractivity contribution is 0.325. The molecule has 1 nitrogen and oxygen atoms in total. The number of nitrogens with zero attached hydrogens (tertiary/aromatic N) is 1. The molecule has 0 spiro atoms. The summed E-state index contributed by atoms with van der Waals surface area (Å²) in [6.07, 6.45) is 1.14. The third-order valence-electron chi connectivity index (χ3n) is 2.67. The van der Waals surface area contributed by atoms with Crippen molar-refractivity contribution in [2.24, 2.45) is 11.8 Å². The second kappa shape index (κ2) is 4.32. The topological polar surface area (TPSA) is 3.24 Å². The van der Waals surface area contributed by atoms with E-state index in [9.17, 15) is 0 Å². The van der Waals surface area contributed by atoms with Crippen molar-refractivity contribution in [1.29, 1.82) is 0 Å². The number of likely N-dealkylation sites (tertiary alicyclic amines) is 1. The molecule has 11 heavy (non-hydrogen) atoms. The SMILES string of the molecule is CC1CN(CCCCl)CC1C. The van der Waals surface area contributed by atoms with Gasteiger partial charge in [0.25, 0.3) is 0 Å². The van der Waals surface area contributed by atoms with Crippen molar-refractivity contribution < 1.29 is 0 Å². The van der Waals surface area contributed by atoms with E-state index >= 15 is 0 Å². The normalized spacial score (nSPS) is 33.0. The van der Waals surface area contributed by atoms with Gasteiger partial charge >= 0.3 is 0 Å². The fourth-order valence-corrected chi connectivity index (χ4v) is 1.83. The van der Waals surface area contributed by atoms with Gasteiger partial charge in [-0.2, -0.15) is 0 Å². The fourth-order valence-electron chi connectivity index (χ4n) is 1.71. The molecule has 0 aromatic carbocycles. The van der Waals surface area contributed by atoms with Gasteiger partial charge in [0.05, 0.1) is 0 Å². The zero-order valence-electron chi connectivity index (χ0n) is 7.52. The smallest absolute Gasteiger partial charge is 0.0235 e. The van der Waals surface area contributed by atoms with Gasteiger partial charge in [-0.05, 0) is 24.8 Å². The molecule has 0 amide bonds. The Hall–Kier alpha value is 0.250. The molecule has 0 radical (unpaired) electrons. The van der Waals surface area contributed by atoms with E-state index in [1.807, 2.05) is 0 Å². The zero-order chi connectivity index (χ0) is 8.27. The summed E-state index contributed by atoms with van der Waals surface area (Å²) in [4.78, 5) is 2.53. The molecule has 1 aliphatic rings. The van der Waals surface area contributed by atoms with Crippen molar-refractivity contribution in [3.8, 4) is 0 Å². The summed E-state index contributed by atoms with van der Waals surface area (Å²) >= 11 is 5.63. The third-order valence-corrected chi connectivity index (χ3v) is 2.94. The van der Waals surface area contributed by atoms with Crippen molar-refractivity contribution in [1.82, 2.24) is 4.90 Å². The maximum Gasteiger partial charge on any atom is 0.0235 e. The van der Waals surface area contributed by atoms with Crippen LogP contribution >= 0.6 is 11.6 Å². The van der Waals surface area contributed by atoms with Crippen LogP contribution in [0.25, 0.3) is 0 Å². The summed E-state index contributed by atoms with van der Waals surface area (Å²) in [5, 5.41) is 0. The van der Waals surface area contributed by atoms with Gasteiger partial charge in [-0.1, -0.05) is 13.8 Å². The first-order valence-corrected chi connectivity index (χ1v) is 5.05. The molecule has 2 heteroatoms. The van der Waals surface area contributed by atoms with Crippen LogP contribution in [0.1, 0.15) is 20.3 Å². The van der Waals surface area contributed by atoms with Gasteiger partial charge in [-0.3, -0.25) is 0 Å². The first-order valence-electron chi connectivity index (χ1n) is 4.52. The average molecular weight is 176 g/mol. The Morgan fingerprint density at radius 3 is 2.27 bits per heavy atom. The standard InChI is InChI=1S/C9H18ClN/c1-8-6-11(5-3-4-10)7-9(8)2/h8-9H,3-7H2,1-2H3. The average Bonchev–Trinajstić information content (AvgIpc) is 2.28. The minimum Gasteiger partial charge on any atom is -0.303 e. The van der Waals surface area contributed by atoms with Crippen LogP contribution in [0, 0.1) is 11.8 Å². The Bertz CT molecular complexity index is 106. The van der Waals surface area contributed by atoms with E-state index in [-0.39, 0.29) is 0 Å². The minimum absolute atomic E-state index is 0.805. The lowest BCUT2D eigenvalue weighted by Gasteiger charge is -2.13. The van der Waals surface area contributed by atoms with Crippen LogP contribution in [0.15, 0.2) is 0 Å². The van der Waals surface area contributed by atoms with Crippen molar-refractivity contribution >= 4 is 11.6 Å². The zero-order valence-corrected chi connectivity index (χ0v) is 8.27. The summed E-state index contributed by atoms with van der Waals surface area (Å²) in [6, 6.07) is 0. The van der Waals surface area contributed by atoms with E-state index in [0.717, 1.165) is 24.1 Å². The molecule has 0 aliphatic carbocycles. The molecule has 1 heterocycles. The molecule has 1 aliphatic heterocycles. The van der Waals surface area contributed by atoms with Crippen LogP contribution in [0.4, 0.5) is 0 Å². The molecule has 0 aromatic rings. The Morgan fingerprint density at radius 1 is 1.27 bits per heavy atom. The van der Waals surface area contributed by atoms with Gasteiger partial charge in [-0.25, -0.2) is 0 Å². The highest BCUT2D eigenvalue weighted by Gasteiger charge is 2.24. The first-order chi connectivity index (χ1) is 5.24. The quantitative estimate of drug-likeness (QED) is 0.595. The number of halogens is 1. The summed E-state index contributed by atoms with van der Waals surface area (Å²) in [6.45, 7) is 8.42. The molecule has 1 saturated heterocycles. The Kier molecular flexibility index (Phi) is 3.67. The predicted octanol–water partition coefficient (Wildman–Crippen LogP) is 2.20. The first kappa shape index (κ1) is 9.34. The summed E-state index contributed by atoms with van der Waals surface area (Å²) in [7, 11) is 0. The molecule has 0 N–H and O–H groups in total. The van der Waals surface area contributed by atoms with E-state index in [1.54, 1.807) is 0 Å². The molecule has 0 saturated carbocycles. The Labute approximate surface area is 74.7 Å². The monoisotopic (exact) mass is 175 g/mol. The van der Waals surface area contributed by atoms with E-state index in [0.29, 0.717) is 0 Å². The van der Waals surface area contributed by atoms with E-state index in [2.05, 4.69) is 18.7 Å². The summed E-state index contributed by atoms with van der Waals surface area (Å²) in [5.74, 6) is 2.56. The fraction of sp³-hybridized carbons (Fsp3) is 1.00. The number of hydrogen-bond donors (Lipinski definition) is 0. The number of hydrogen-bond acceptors (Lipinski definition) is 1. The molecule has 2 atom stereocenters. The van der Waals surface area contributed by atoms with Crippen LogP contribution in [-0.2, 0) is 0 Å². The summed E-state index contributed by atoms with van der Waals surface area (Å²) in [5.41, 5.74) is 0.